The molecule has 6 nitrogen and oxygen atoms in total. The van der Waals surface area contributed by atoms with Crippen molar-refractivity contribution < 1.29 is 9.66 Å². The normalized spacial score (nSPS) is 10.8. The third kappa shape index (κ3) is 3.52. The summed E-state index contributed by atoms with van der Waals surface area (Å²) in [6.07, 6.45) is 0.736. The van der Waals surface area contributed by atoms with E-state index >= 15 is 0 Å². The van der Waals surface area contributed by atoms with Gasteiger partial charge in [-0.05, 0) is 24.1 Å². The molecule has 0 N–H and O–H groups in total. The van der Waals surface area contributed by atoms with Crippen molar-refractivity contribution in [2.75, 3.05) is 0 Å². The van der Waals surface area contributed by atoms with Crippen molar-refractivity contribution in [3.05, 3.63) is 80.6 Å². The number of pyridine rings is 1. The predicted molar refractivity (Wildman–Crippen MR) is 95.9 cm³/mol. The number of hydrogen-bond donors (Lipinski definition) is 0. The predicted octanol–water partition coefficient (Wildman–Crippen LogP) is 3.90. The van der Waals surface area contributed by atoms with E-state index in [0.717, 1.165) is 17.4 Å². The van der Waals surface area contributed by atoms with Gasteiger partial charge in [0.1, 0.15) is 6.61 Å². The molecule has 0 saturated heterocycles. The van der Waals surface area contributed by atoms with Gasteiger partial charge < -0.3 is 9.30 Å². The quantitative estimate of drug-likeness (QED) is 0.505. The van der Waals surface area contributed by atoms with Gasteiger partial charge in [-0.15, -0.1) is 0 Å². The molecule has 0 aliphatic carbocycles. The Labute approximate surface area is 144 Å². The van der Waals surface area contributed by atoms with Crippen LogP contribution in [0.2, 0.25) is 0 Å². The fraction of sp³-hybridized carbons (Fsp3) is 0.211. The van der Waals surface area contributed by atoms with E-state index in [4.69, 9.17) is 4.74 Å². The number of aromatic nitrogens is 1. The second kappa shape index (κ2) is 7.17. The summed E-state index contributed by atoms with van der Waals surface area (Å²) in [6.45, 7) is 2.72. The molecule has 0 aliphatic rings. The van der Waals surface area contributed by atoms with Crippen LogP contribution in [-0.4, -0.2) is 9.49 Å². The highest BCUT2D eigenvalue weighted by Crippen LogP contribution is 2.23. The van der Waals surface area contributed by atoms with Gasteiger partial charge in [0.25, 0.3) is 11.2 Å². The maximum atomic E-state index is 12.7. The Morgan fingerprint density at radius 3 is 2.56 bits per heavy atom. The topological polar surface area (TPSA) is 74.4 Å². The second-order valence-electron chi connectivity index (χ2n) is 5.74. The van der Waals surface area contributed by atoms with E-state index in [2.05, 4.69) is 0 Å². The second-order valence-corrected chi connectivity index (χ2v) is 5.74. The lowest BCUT2D eigenvalue weighted by atomic mass is 10.2. The van der Waals surface area contributed by atoms with Crippen LogP contribution in [0.25, 0.3) is 10.9 Å². The van der Waals surface area contributed by atoms with Crippen molar-refractivity contribution in [3.8, 4) is 5.75 Å². The molecule has 0 spiro atoms. The molecule has 1 heterocycles. The summed E-state index contributed by atoms with van der Waals surface area (Å²) < 4.78 is 7.27. The number of nitro groups is 1. The Morgan fingerprint density at radius 2 is 1.88 bits per heavy atom. The first-order chi connectivity index (χ1) is 12.1. The van der Waals surface area contributed by atoms with Gasteiger partial charge in [-0.2, -0.15) is 0 Å². The summed E-state index contributed by atoms with van der Waals surface area (Å²) in [7, 11) is 0. The molecule has 2 aromatic carbocycles. The van der Waals surface area contributed by atoms with Crippen LogP contribution in [0.3, 0.4) is 0 Å². The lowest BCUT2D eigenvalue weighted by Gasteiger charge is -2.13. The molecule has 0 radical (unpaired) electrons. The van der Waals surface area contributed by atoms with Crippen LogP contribution in [0.1, 0.15) is 18.9 Å². The summed E-state index contributed by atoms with van der Waals surface area (Å²) in [5, 5.41) is 11.8. The highest BCUT2D eigenvalue weighted by atomic mass is 16.6. The number of hydrogen-bond acceptors (Lipinski definition) is 4. The maximum absolute atomic E-state index is 12.7. The number of rotatable bonds is 6. The van der Waals surface area contributed by atoms with Crippen LogP contribution < -0.4 is 10.3 Å². The Balaban J connectivity index is 2.04. The van der Waals surface area contributed by atoms with E-state index in [1.807, 2.05) is 37.3 Å². The zero-order valence-electron chi connectivity index (χ0n) is 13.8. The zero-order chi connectivity index (χ0) is 17.8. The monoisotopic (exact) mass is 338 g/mol. The largest absolute Gasteiger partial charge is 0.483 e. The lowest BCUT2D eigenvalue weighted by molar-refractivity contribution is -0.384. The minimum Gasteiger partial charge on any atom is -0.483 e. The summed E-state index contributed by atoms with van der Waals surface area (Å²) in [6, 6.07) is 15.8. The van der Waals surface area contributed by atoms with Crippen molar-refractivity contribution in [2.24, 2.45) is 0 Å². The summed E-state index contributed by atoms with van der Waals surface area (Å²) in [4.78, 5) is 23.3. The number of ether oxygens (including phenoxy) is 1. The summed E-state index contributed by atoms with van der Waals surface area (Å²) in [5.41, 5.74) is 1.21. The molecule has 3 aromatic rings. The first-order valence-corrected chi connectivity index (χ1v) is 8.09. The maximum Gasteiger partial charge on any atom is 0.293 e. The number of fused-ring (bicyclic) bond motifs is 1. The van der Waals surface area contributed by atoms with Gasteiger partial charge in [0, 0.05) is 24.1 Å². The highest BCUT2D eigenvalue weighted by molar-refractivity contribution is 5.82. The molecule has 128 valence electrons. The van der Waals surface area contributed by atoms with Gasteiger partial charge >= 0.3 is 0 Å². The number of benzene rings is 2. The molecule has 0 amide bonds. The van der Waals surface area contributed by atoms with Crippen LogP contribution >= 0.6 is 0 Å². The molecule has 6 heteroatoms. The van der Waals surface area contributed by atoms with E-state index in [0.29, 0.717) is 18.7 Å². The molecule has 0 fully saturated rings. The molecule has 1 aromatic heterocycles. The number of nitrogens with zero attached hydrogens (tertiary/aromatic N) is 2. The molecule has 0 aliphatic heterocycles. The Bertz CT molecular complexity index is 964. The first kappa shape index (κ1) is 16.7. The number of non-ortho nitro benzene ring substituents is 1. The van der Waals surface area contributed by atoms with Gasteiger partial charge in [-0.25, -0.2) is 0 Å². The molecular formula is C19H18N2O4. The van der Waals surface area contributed by atoms with E-state index in [-0.39, 0.29) is 17.0 Å². The van der Waals surface area contributed by atoms with Crippen molar-refractivity contribution in [2.45, 2.75) is 26.5 Å². The van der Waals surface area contributed by atoms with Crippen molar-refractivity contribution in [3.63, 3.8) is 0 Å². The average molecular weight is 338 g/mol. The van der Waals surface area contributed by atoms with E-state index in [1.165, 1.54) is 12.1 Å². The summed E-state index contributed by atoms with van der Waals surface area (Å²) >= 11 is 0. The zero-order valence-corrected chi connectivity index (χ0v) is 13.8. The number of nitro benzene ring substituents is 1. The van der Waals surface area contributed by atoms with Gasteiger partial charge in [0.15, 0.2) is 5.75 Å². The molecule has 0 saturated carbocycles. The summed E-state index contributed by atoms with van der Waals surface area (Å²) in [5.74, 6) is 0.249. The lowest BCUT2D eigenvalue weighted by Crippen LogP contribution is -2.22. The van der Waals surface area contributed by atoms with Crippen LogP contribution in [0.15, 0.2) is 59.4 Å². The highest BCUT2D eigenvalue weighted by Gasteiger charge is 2.14. The van der Waals surface area contributed by atoms with E-state index < -0.39 is 4.92 Å². The Morgan fingerprint density at radius 1 is 1.12 bits per heavy atom. The van der Waals surface area contributed by atoms with Crippen molar-refractivity contribution in [1.82, 2.24) is 4.57 Å². The molecular weight excluding hydrogens is 320 g/mol. The van der Waals surface area contributed by atoms with Gasteiger partial charge in [-0.3, -0.25) is 14.9 Å². The van der Waals surface area contributed by atoms with Crippen LogP contribution in [0.4, 0.5) is 5.69 Å². The van der Waals surface area contributed by atoms with E-state index in [1.54, 1.807) is 16.7 Å². The van der Waals surface area contributed by atoms with Crippen LogP contribution in [0, 0.1) is 10.1 Å². The first-order valence-electron chi connectivity index (χ1n) is 8.09. The molecule has 0 bridgehead atoms. The molecule has 3 rings (SSSR count). The Hall–Kier alpha value is -3.15. The minimum absolute atomic E-state index is 0.0327. The molecule has 0 unspecified atom stereocenters. The SMILES string of the molecule is CCCn1c(=O)c(OCc2ccccc2)cc2ccc([N+](=O)[O-])cc21. The van der Waals surface area contributed by atoms with Crippen molar-refractivity contribution >= 4 is 16.6 Å². The van der Waals surface area contributed by atoms with E-state index in [9.17, 15) is 14.9 Å². The van der Waals surface area contributed by atoms with Crippen LogP contribution in [-0.2, 0) is 13.2 Å². The minimum atomic E-state index is -0.458. The number of aryl methyl sites for hydroxylation is 1. The van der Waals surface area contributed by atoms with Gasteiger partial charge in [0.05, 0.1) is 10.4 Å². The molecule has 25 heavy (non-hydrogen) atoms. The third-order valence-corrected chi connectivity index (χ3v) is 3.94. The standard InChI is InChI=1S/C19H18N2O4/c1-2-10-20-17-12-16(21(23)24)9-8-15(17)11-18(19(20)22)25-13-14-6-4-3-5-7-14/h3-9,11-12H,2,10,13H2,1H3. The van der Waals surface area contributed by atoms with Crippen LogP contribution in [0.5, 0.6) is 5.75 Å². The fourth-order valence-electron chi connectivity index (χ4n) is 2.73. The van der Waals surface area contributed by atoms with Gasteiger partial charge in [0.2, 0.25) is 0 Å². The Kier molecular flexibility index (Phi) is 4.79. The van der Waals surface area contributed by atoms with Crippen molar-refractivity contribution in [1.29, 1.82) is 0 Å². The molecule has 0 atom stereocenters. The smallest absolute Gasteiger partial charge is 0.293 e. The van der Waals surface area contributed by atoms with Gasteiger partial charge in [-0.1, -0.05) is 37.3 Å². The third-order valence-electron chi connectivity index (χ3n) is 3.94. The average Bonchev–Trinajstić information content (AvgIpc) is 2.63. The fourth-order valence-corrected chi connectivity index (χ4v) is 2.73.